The van der Waals surface area contributed by atoms with E-state index < -0.39 is 0 Å². The predicted molar refractivity (Wildman–Crippen MR) is 95.7 cm³/mol. The smallest absolute Gasteiger partial charge is 0.298 e. The molecule has 2 aromatic carbocycles. The van der Waals surface area contributed by atoms with Gasteiger partial charge in [-0.25, -0.2) is 9.37 Å². The molecular formula is C20H16FN3O. The molecule has 0 N–H and O–H groups in total. The van der Waals surface area contributed by atoms with Gasteiger partial charge in [-0.1, -0.05) is 23.8 Å². The van der Waals surface area contributed by atoms with Gasteiger partial charge in [-0.3, -0.25) is 9.36 Å². The average molecular weight is 333 g/mol. The molecule has 0 aliphatic rings. The Labute approximate surface area is 143 Å². The molecule has 0 amide bonds. The van der Waals surface area contributed by atoms with Gasteiger partial charge in [0.15, 0.2) is 0 Å². The van der Waals surface area contributed by atoms with Crippen LogP contribution in [-0.4, -0.2) is 14.0 Å². The summed E-state index contributed by atoms with van der Waals surface area (Å²) in [6, 6.07) is 11.9. The third kappa shape index (κ3) is 2.63. The first-order chi connectivity index (χ1) is 12.0. The van der Waals surface area contributed by atoms with E-state index in [0.717, 1.165) is 16.8 Å². The number of benzene rings is 2. The van der Waals surface area contributed by atoms with Gasteiger partial charge in [0.2, 0.25) is 5.65 Å². The molecule has 0 atom stereocenters. The standard InChI is InChI=1S/C20H16FN3O/c1-13-3-8-17(14(2)11-13)18-12-23-9-10-24(20(25)19(23)22-18)16-6-4-15(21)5-7-16/h3-12H,1-2H3. The Balaban J connectivity index is 1.88. The topological polar surface area (TPSA) is 39.3 Å². The largest absolute Gasteiger partial charge is 0.300 e. The highest BCUT2D eigenvalue weighted by atomic mass is 19.1. The molecule has 124 valence electrons. The summed E-state index contributed by atoms with van der Waals surface area (Å²) >= 11 is 0. The SMILES string of the molecule is Cc1ccc(-c2cn3ccn(-c4ccc(F)cc4)c(=O)c3n2)c(C)c1. The predicted octanol–water partition coefficient (Wildman–Crippen LogP) is 3.91. The minimum absolute atomic E-state index is 0.245. The van der Waals surface area contributed by atoms with E-state index >= 15 is 0 Å². The summed E-state index contributed by atoms with van der Waals surface area (Å²) < 4.78 is 16.3. The first-order valence-corrected chi connectivity index (χ1v) is 7.97. The minimum atomic E-state index is -0.337. The summed E-state index contributed by atoms with van der Waals surface area (Å²) in [4.78, 5) is 17.3. The molecule has 2 heterocycles. The van der Waals surface area contributed by atoms with Crippen LogP contribution in [0.1, 0.15) is 11.1 Å². The van der Waals surface area contributed by atoms with Gasteiger partial charge in [0.1, 0.15) is 5.82 Å². The number of halogens is 1. The molecule has 0 radical (unpaired) electrons. The second kappa shape index (κ2) is 5.70. The maximum Gasteiger partial charge on any atom is 0.298 e. The van der Waals surface area contributed by atoms with Gasteiger partial charge in [-0.15, -0.1) is 0 Å². The Hall–Kier alpha value is -3.21. The van der Waals surface area contributed by atoms with Crippen molar-refractivity contribution in [1.82, 2.24) is 14.0 Å². The van der Waals surface area contributed by atoms with Gasteiger partial charge >= 0.3 is 0 Å². The molecule has 0 unspecified atom stereocenters. The van der Waals surface area contributed by atoms with Crippen molar-refractivity contribution in [3.63, 3.8) is 0 Å². The number of imidazole rings is 1. The third-order valence-electron chi connectivity index (χ3n) is 4.28. The van der Waals surface area contributed by atoms with Crippen molar-refractivity contribution < 1.29 is 4.39 Å². The lowest BCUT2D eigenvalue weighted by Crippen LogP contribution is -2.19. The maximum atomic E-state index is 13.1. The summed E-state index contributed by atoms with van der Waals surface area (Å²) in [5, 5.41) is 0. The Morgan fingerprint density at radius 2 is 1.76 bits per heavy atom. The lowest BCUT2D eigenvalue weighted by molar-refractivity contribution is 0.627. The van der Waals surface area contributed by atoms with Gasteiger partial charge in [0.25, 0.3) is 5.56 Å². The quantitative estimate of drug-likeness (QED) is 0.558. The van der Waals surface area contributed by atoms with Gasteiger partial charge in [0.05, 0.1) is 5.69 Å². The van der Waals surface area contributed by atoms with Crippen LogP contribution in [0, 0.1) is 19.7 Å². The average Bonchev–Trinajstić information content (AvgIpc) is 3.01. The van der Waals surface area contributed by atoms with Crippen molar-refractivity contribution in [3.8, 4) is 16.9 Å². The van der Waals surface area contributed by atoms with Crippen LogP contribution in [0.25, 0.3) is 22.6 Å². The fourth-order valence-corrected chi connectivity index (χ4v) is 3.02. The molecule has 0 aliphatic heterocycles. The Kier molecular flexibility index (Phi) is 3.50. The number of fused-ring (bicyclic) bond motifs is 1. The van der Waals surface area contributed by atoms with Crippen LogP contribution in [-0.2, 0) is 0 Å². The monoisotopic (exact) mass is 333 g/mol. The van der Waals surface area contributed by atoms with E-state index in [1.807, 2.05) is 32.2 Å². The van der Waals surface area contributed by atoms with E-state index in [1.165, 1.54) is 22.3 Å². The summed E-state index contributed by atoms with van der Waals surface area (Å²) in [7, 11) is 0. The summed E-state index contributed by atoms with van der Waals surface area (Å²) in [5.41, 5.74) is 4.75. The third-order valence-corrected chi connectivity index (χ3v) is 4.28. The van der Waals surface area contributed by atoms with Crippen LogP contribution >= 0.6 is 0 Å². The van der Waals surface area contributed by atoms with Crippen LogP contribution in [0.15, 0.2) is 65.8 Å². The zero-order valence-corrected chi connectivity index (χ0v) is 13.9. The maximum absolute atomic E-state index is 13.1. The first-order valence-electron chi connectivity index (χ1n) is 7.97. The summed E-state index contributed by atoms with van der Waals surface area (Å²) in [5.74, 6) is -0.337. The van der Waals surface area contributed by atoms with E-state index in [9.17, 15) is 9.18 Å². The molecule has 4 rings (SSSR count). The number of aromatic nitrogens is 3. The van der Waals surface area contributed by atoms with Crippen molar-refractivity contribution in [1.29, 1.82) is 0 Å². The van der Waals surface area contributed by atoms with E-state index in [0.29, 0.717) is 11.3 Å². The van der Waals surface area contributed by atoms with Gasteiger partial charge in [-0.05, 0) is 43.7 Å². The second-order valence-electron chi connectivity index (χ2n) is 6.13. The van der Waals surface area contributed by atoms with Crippen molar-refractivity contribution >= 4 is 5.65 Å². The van der Waals surface area contributed by atoms with Crippen molar-refractivity contribution in [2.24, 2.45) is 0 Å². The summed E-state index contributed by atoms with van der Waals surface area (Å²) in [6.07, 6.45) is 5.29. The van der Waals surface area contributed by atoms with Crippen molar-refractivity contribution in [2.45, 2.75) is 13.8 Å². The molecule has 0 fully saturated rings. The fraction of sp³-hybridized carbons (Fsp3) is 0.100. The highest BCUT2D eigenvalue weighted by Gasteiger charge is 2.11. The number of rotatable bonds is 2. The lowest BCUT2D eigenvalue weighted by atomic mass is 10.0. The number of nitrogens with zero attached hydrogens (tertiary/aromatic N) is 3. The zero-order chi connectivity index (χ0) is 17.6. The molecule has 0 bridgehead atoms. The van der Waals surface area contributed by atoms with E-state index in [-0.39, 0.29) is 11.4 Å². The molecule has 5 heteroatoms. The van der Waals surface area contributed by atoms with E-state index in [4.69, 9.17) is 0 Å². The van der Waals surface area contributed by atoms with Gasteiger partial charge < -0.3 is 4.40 Å². The number of hydrogen-bond acceptors (Lipinski definition) is 2. The Morgan fingerprint density at radius 1 is 1.00 bits per heavy atom. The van der Waals surface area contributed by atoms with Gasteiger partial charge in [-0.2, -0.15) is 0 Å². The molecular weight excluding hydrogens is 317 g/mol. The molecule has 2 aromatic heterocycles. The molecule has 0 spiro atoms. The molecule has 25 heavy (non-hydrogen) atoms. The van der Waals surface area contributed by atoms with E-state index in [1.54, 1.807) is 28.9 Å². The normalized spacial score (nSPS) is 11.2. The highest BCUT2D eigenvalue weighted by molar-refractivity contribution is 5.66. The Bertz CT molecular complexity index is 1140. The molecule has 0 saturated heterocycles. The summed E-state index contributed by atoms with van der Waals surface area (Å²) in [6.45, 7) is 4.07. The molecule has 0 saturated carbocycles. The lowest BCUT2D eigenvalue weighted by Gasteiger charge is -2.05. The molecule has 4 nitrogen and oxygen atoms in total. The van der Waals surface area contributed by atoms with Crippen LogP contribution in [0.4, 0.5) is 4.39 Å². The fourth-order valence-electron chi connectivity index (χ4n) is 3.02. The van der Waals surface area contributed by atoms with Crippen molar-refractivity contribution in [3.05, 3.63) is 88.4 Å². The van der Waals surface area contributed by atoms with Crippen LogP contribution < -0.4 is 5.56 Å². The second-order valence-corrected chi connectivity index (χ2v) is 6.13. The highest BCUT2D eigenvalue weighted by Crippen LogP contribution is 2.23. The zero-order valence-electron chi connectivity index (χ0n) is 13.9. The number of aryl methyl sites for hydroxylation is 2. The first kappa shape index (κ1) is 15.3. The molecule has 4 aromatic rings. The van der Waals surface area contributed by atoms with Gasteiger partial charge in [0, 0.05) is 29.8 Å². The van der Waals surface area contributed by atoms with Crippen LogP contribution in [0.3, 0.4) is 0 Å². The van der Waals surface area contributed by atoms with Crippen LogP contribution in [0.5, 0.6) is 0 Å². The molecule has 0 aliphatic carbocycles. The Morgan fingerprint density at radius 3 is 2.48 bits per heavy atom. The van der Waals surface area contributed by atoms with Crippen LogP contribution in [0.2, 0.25) is 0 Å². The minimum Gasteiger partial charge on any atom is -0.300 e. The van der Waals surface area contributed by atoms with Crippen molar-refractivity contribution in [2.75, 3.05) is 0 Å². The number of hydrogen-bond donors (Lipinski definition) is 0. The van der Waals surface area contributed by atoms with E-state index in [2.05, 4.69) is 11.1 Å².